The lowest BCUT2D eigenvalue weighted by molar-refractivity contribution is -0.136. The second-order valence-corrected chi connectivity index (χ2v) is 5.59. The molecule has 2 unspecified atom stereocenters. The average molecular weight is 266 g/mol. The largest absolute Gasteiger partial charge is 0.389 e. The van der Waals surface area contributed by atoms with Gasteiger partial charge in [0.15, 0.2) is 0 Å². The molecule has 0 spiro atoms. The third-order valence-electron chi connectivity index (χ3n) is 4.02. The fourth-order valence-corrected chi connectivity index (χ4v) is 2.67. The molecule has 0 saturated carbocycles. The number of likely N-dealkylation sites (tertiary alicyclic amines) is 1. The Labute approximate surface area is 108 Å². The highest BCUT2D eigenvalue weighted by Crippen LogP contribution is 2.25. The molecule has 0 aromatic rings. The van der Waals surface area contributed by atoms with Crippen molar-refractivity contribution in [1.82, 2.24) is 4.90 Å². The van der Waals surface area contributed by atoms with Gasteiger partial charge in [-0.05, 0) is 58.5 Å². The monoisotopic (exact) mass is 266 g/mol. The van der Waals surface area contributed by atoms with Crippen molar-refractivity contribution >= 4 is 0 Å². The molecule has 0 amide bonds. The quantitative estimate of drug-likeness (QED) is 0.828. The first-order valence-corrected chi connectivity index (χ1v) is 6.86. The number of piperidine rings is 1. The summed E-state index contributed by atoms with van der Waals surface area (Å²) in [4.78, 5) is 2.30. The van der Waals surface area contributed by atoms with E-state index in [2.05, 4.69) is 4.90 Å². The van der Waals surface area contributed by atoms with Crippen molar-refractivity contribution in [1.29, 1.82) is 0 Å². The fraction of sp³-hybridized carbons (Fsp3) is 1.00. The van der Waals surface area contributed by atoms with E-state index in [0.29, 0.717) is 12.3 Å². The Bertz CT molecular complexity index is 233. The maximum absolute atomic E-state index is 12.1. The van der Waals surface area contributed by atoms with E-state index in [4.69, 9.17) is 5.73 Å². The molecule has 108 valence electrons. The van der Waals surface area contributed by atoms with Gasteiger partial charge in [-0.15, -0.1) is 0 Å². The number of alkyl halides is 3. The lowest BCUT2D eigenvalue weighted by atomic mass is 9.90. The highest BCUT2D eigenvalue weighted by atomic mass is 19.4. The molecule has 1 aliphatic heterocycles. The van der Waals surface area contributed by atoms with Crippen LogP contribution in [0.1, 0.15) is 46.0 Å². The van der Waals surface area contributed by atoms with E-state index in [1.54, 1.807) is 0 Å². The number of rotatable bonds is 5. The summed E-state index contributed by atoms with van der Waals surface area (Å²) in [5, 5.41) is 0. The van der Waals surface area contributed by atoms with E-state index in [1.807, 2.05) is 13.8 Å². The van der Waals surface area contributed by atoms with Gasteiger partial charge in [-0.3, -0.25) is 0 Å². The van der Waals surface area contributed by atoms with Crippen LogP contribution in [0.2, 0.25) is 0 Å². The average Bonchev–Trinajstić information content (AvgIpc) is 2.27. The number of nitrogens with zero attached hydrogens (tertiary/aromatic N) is 1. The van der Waals surface area contributed by atoms with Crippen LogP contribution in [0.25, 0.3) is 0 Å². The summed E-state index contributed by atoms with van der Waals surface area (Å²) >= 11 is 0. The van der Waals surface area contributed by atoms with Gasteiger partial charge >= 0.3 is 6.18 Å². The van der Waals surface area contributed by atoms with Gasteiger partial charge in [-0.1, -0.05) is 0 Å². The van der Waals surface area contributed by atoms with E-state index in [1.165, 1.54) is 0 Å². The maximum atomic E-state index is 12.1. The summed E-state index contributed by atoms with van der Waals surface area (Å²) in [5.74, 6) is 0.573. The zero-order valence-electron chi connectivity index (χ0n) is 11.3. The summed E-state index contributed by atoms with van der Waals surface area (Å²) in [6.07, 6.45) is -1.67. The molecule has 5 heteroatoms. The van der Waals surface area contributed by atoms with Crippen LogP contribution in [-0.4, -0.2) is 36.2 Å². The third-order valence-corrected chi connectivity index (χ3v) is 4.02. The SMILES string of the molecule is CC(N)C1CCN(C(C)CCCC(F)(F)F)CC1. The van der Waals surface area contributed by atoms with Crippen LogP contribution < -0.4 is 5.73 Å². The predicted octanol–water partition coefficient (Wildman–Crippen LogP) is 3.17. The topological polar surface area (TPSA) is 29.3 Å². The second-order valence-electron chi connectivity index (χ2n) is 5.59. The number of hydrogen-bond donors (Lipinski definition) is 1. The lowest BCUT2D eigenvalue weighted by Crippen LogP contribution is -2.43. The van der Waals surface area contributed by atoms with E-state index < -0.39 is 12.6 Å². The Morgan fingerprint density at radius 3 is 2.22 bits per heavy atom. The van der Waals surface area contributed by atoms with Crippen LogP contribution in [0, 0.1) is 5.92 Å². The fourth-order valence-electron chi connectivity index (χ4n) is 2.67. The molecule has 0 aromatic carbocycles. The van der Waals surface area contributed by atoms with Crippen LogP contribution >= 0.6 is 0 Å². The van der Waals surface area contributed by atoms with Crippen molar-refractivity contribution < 1.29 is 13.2 Å². The van der Waals surface area contributed by atoms with Crippen molar-refractivity contribution in [2.45, 2.75) is 64.2 Å². The van der Waals surface area contributed by atoms with Crippen molar-refractivity contribution in [2.75, 3.05) is 13.1 Å². The molecule has 18 heavy (non-hydrogen) atoms. The Morgan fingerprint density at radius 1 is 1.22 bits per heavy atom. The minimum Gasteiger partial charge on any atom is -0.328 e. The molecule has 0 aliphatic carbocycles. The molecule has 2 atom stereocenters. The minimum absolute atomic E-state index is 0.229. The molecule has 1 saturated heterocycles. The Morgan fingerprint density at radius 2 is 1.78 bits per heavy atom. The molecular weight excluding hydrogens is 241 g/mol. The summed E-state index contributed by atoms with van der Waals surface area (Å²) in [7, 11) is 0. The van der Waals surface area contributed by atoms with Gasteiger partial charge in [-0.2, -0.15) is 13.2 Å². The van der Waals surface area contributed by atoms with Gasteiger partial charge in [0, 0.05) is 18.5 Å². The van der Waals surface area contributed by atoms with Crippen molar-refractivity contribution in [3.63, 3.8) is 0 Å². The zero-order valence-corrected chi connectivity index (χ0v) is 11.3. The van der Waals surface area contributed by atoms with E-state index in [-0.39, 0.29) is 18.5 Å². The standard InChI is InChI=1S/C13H25F3N2/c1-10(4-3-7-13(14,15)16)18-8-5-12(6-9-18)11(2)17/h10-12H,3-9,17H2,1-2H3. The molecule has 1 fully saturated rings. The van der Waals surface area contributed by atoms with E-state index >= 15 is 0 Å². The molecule has 1 aliphatic rings. The summed E-state index contributed by atoms with van der Waals surface area (Å²) < 4.78 is 36.2. The van der Waals surface area contributed by atoms with Gasteiger partial charge in [0.1, 0.15) is 0 Å². The molecular formula is C13H25F3N2. The minimum atomic E-state index is -4.01. The van der Waals surface area contributed by atoms with Crippen LogP contribution in [-0.2, 0) is 0 Å². The van der Waals surface area contributed by atoms with Crippen molar-refractivity contribution in [3.05, 3.63) is 0 Å². The Hall–Kier alpha value is -0.290. The third kappa shape index (κ3) is 5.57. The van der Waals surface area contributed by atoms with Gasteiger partial charge in [-0.25, -0.2) is 0 Å². The van der Waals surface area contributed by atoms with Gasteiger partial charge < -0.3 is 10.6 Å². The molecule has 1 rings (SSSR count). The summed E-state index contributed by atoms with van der Waals surface area (Å²) in [5.41, 5.74) is 5.87. The molecule has 0 bridgehead atoms. The zero-order chi connectivity index (χ0) is 13.8. The van der Waals surface area contributed by atoms with E-state index in [9.17, 15) is 13.2 Å². The predicted molar refractivity (Wildman–Crippen MR) is 67.3 cm³/mol. The first-order chi connectivity index (χ1) is 8.29. The smallest absolute Gasteiger partial charge is 0.328 e. The van der Waals surface area contributed by atoms with Gasteiger partial charge in [0.2, 0.25) is 0 Å². The Balaban J connectivity index is 2.22. The summed E-state index contributed by atoms with van der Waals surface area (Å²) in [6.45, 7) is 6.01. The first-order valence-electron chi connectivity index (χ1n) is 6.86. The first kappa shape index (κ1) is 15.8. The number of hydrogen-bond acceptors (Lipinski definition) is 2. The molecule has 0 radical (unpaired) electrons. The molecule has 0 aromatic heterocycles. The second kappa shape index (κ2) is 6.75. The van der Waals surface area contributed by atoms with Gasteiger partial charge in [0.25, 0.3) is 0 Å². The number of nitrogens with two attached hydrogens (primary N) is 1. The highest BCUT2D eigenvalue weighted by Gasteiger charge is 2.28. The summed E-state index contributed by atoms with van der Waals surface area (Å²) in [6, 6.07) is 0.481. The molecule has 2 N–H and O–H groups in total. The van der Waals surface area contributed by atoms with Crippen LogP contribution in [0.3, 0.4) is 0 Å². The van der Waals surface area contributed by atoms with Crippen LogP contribution in [0.4, 0.5) is 13.2 Å². The normalized spacial score (nSPS) is 23.0. The Kier molecular flexibility index (Phi) is 5.92. The van der Waals surface area contributed by atoms with Gasteiger partial charge in [0.05, 0.1) is 0 Å². The molecule has 1 heterocycles. The highest BCUT2D eigenvalue weighted by molar-refractivity contribution is 4.80. The van der Waals surface area contributed by atoms with Crippen molar-refractivity contribution in [2.24, 2.45) is 11.7 Å². The van der Waals surface area contributed by atoms with E-state index in [0.717, 1.165) is 25.9 Å². The molecule has 2 nitrogen and oxygen atoms in total. The lowest BCUT2D eigenvalue weighted by Gasteiger charge is -2.37. The van der Waals surface area contributed by atoms with Crippen molar-refractivity contribution in [3.8, 4) is 0 Å². The number of halogens is 3. The maximum Gasteiger partial charge on any atom is 0.389 e. The van der Waals surface area contributed by atoms with Crippen LogP contribution in [0.15, 0.2) is 0 Å². The van der Waals surface area contributed by atoms with Crippen LogP contribution in [0.5, 0.6) is 0 Å².